The van der Waals surface area contributed by atoms with Gasteiger partial charge < -0.3 is 30.3 Å². The van der Waals surface area contributed by atoms with Gasteiger partial charge in [0.2, 0.25) is 11.8 Å². The number of halogens is 3. The van der Waals surface area contributed by atoms with Gasteiger partial charge in [-0.2, -0.15) is 18.2 Å². The Labute approximate surface area is 236 Å². The SMILES string of the molecule is Cc1noc([C@@H]2C[C@H](N(C)C(C)C)CC[C@@H]2NC(=O)CNC(=O)c2cc(C(F)(F)F)ccc2NC(=O)N2CCC2)n1. The van der Waals surface area contributed by atoms with Crippen molar-refractivity contribution in [2.45, 2.75) is 76.7 Å². The third-order valence-electron chi connectivity index (χ3n) is 7.81. The Morgan fingerprint density at radius 3 is 2.51 bits per heavy atom. The Morgan fingerprint density at radius 1 is 1.20 bits per heavy atom. The second-order valence-electron chi connectivity index (χ2n) is 10.9. The summed E-state index contributed by atoms with van der Waals surface area (Å²) in [7, 11) is 2.05. The molecule has 1 aliphatic carbocycles. The highest BCUT2D eigenvalue weighted by Gasteiger charge is 2.38. The summed E-state index contributed by atoms with van der Waals surface area (Å²) < 4.78 is 45.6. The van der Waals surface area contributed by atoms with Crippen molar-refractivity contribution in [1.82, 2.24) is 30.6 Å². The van der Waals surface area contributed by atoms with Gasteiger partial charge in [-0.3, -0.25) is 9.59 Å². The number of anilines is 1. The summed E-state index contributed by atoms with van der Waals surface area (Å²) in [5.41, 5.74) is -1.51. The van der Waals surface area contributed by atoms with E-state index in [1.54, 1.807) is 6.92 Å². The van der Waals surface area contributed by atoms with Crippen LogP contribution in [0.25, 0.3) is 0 Å². The first kappa shape index (κ1) is 30.3. The van der Waals surface area contributed by atoms with Crippen LogP contribution in [0.5, 0.6) is 0 Å². The van der Waals surface area contributed by atoms with Crippen molar-refractivity contribution in [2.24, 2.45) is 0 Å². The molecule has 1 aromatic heterocycles. The Kier molecular flexibility index (Phi) is 9.20. The Bertz CT molecular complexity index is 1260. The van der Waals surface area contributed by atoms with Crippen molar-refractivity contribution >= 4 is 23.5 Å². The maximum Gasteiger partial charge on any atom is 0.416 e. The minimum absolute atomic E-state index is 0.0766. The number of amides is 4. The van der Waals surface area contributed by atoms with Crippen LogP contribution in [-0.4, -0.2) is 82.6 Å². The fraction of sp³-hybridized carbons (Fsp3) is 0.593. The summed E-state index contributed by atoms with van der Waals surface area (Å²) >= 11 is 0. The molecule has 3 N–H and O–H groups in total. The smallest absolute Gasteiger partial charge is 0.351 e. The summed E-state index contributed by atoms with van der Waals surface area (Å²) in [5, 5.41) is 11.7. The van der Waals surface area contributed by atoms with Crippen molar-refractivity contribution in [3.05, 3.63) is 41.0 Å². The fourth-order valence-corrected chi connectivity index (χ4v) is 5.09. The standard InChI is InChI=1S/C27H36F3N7O4/c1-15(2)36(4)18-7-9-22(20(13-18)25-32-16(3)35-41-25)33-23(38)14-31-24(39)19-12-17(27(28,29)30)6-8-21(19)34-26(40)37-10-5-11-37/h6,8,12,15,18,20,22H,5,7,9-11,13-14H2,1-4H3,(H,31,39)(H,33,38)(H,34,40)/t18-,20-,22+/m1/s1. The summed E-state index contributed by atoms with van der Waals surface area (Å²) in [6.45, 7) is 6.49. The fourth-order valence-electron chi connectivity index (χ4n) is 5.09. The number of nitrogens with one attached hydrogen (secondary N) is 3. The molecule has 14 heteroatoms. The van der Waals surface area contributed by atoms with Crippen LogP contribution in [0.2, 0.25) is 0 Å². The largest absolute Gasteiger partial charge is 0.416 e. The highest BCUT2D eigenvalue weighted by atomic mass is 19.4. The Balaban J connectivity index is 1.43. The number of aromatic nitrogens is 2. The van der Waals surface area contributed by atoms with Gasteiger partial charge >= 0.3 is 12.2 Å². The molecule has 1 aliphatic heterocycles. The Hall–Kier alpha value is -3.68. The lowest BCUT2D eigenvalue weighted by molar-refractivity contribution is -0.137. The molecule has 2 heterocycles. The maximum absolute atomic E-state index is 13.4. The number of urea groups is 1. The van der Waals surface area contributed by atoms with Crippen molar-refractivity contribution in [3.63, 3.8) is 0 Å². The Morgan fingerprint density at radius 2 is 1.93 bits per heavy atom. The lowest BCUT2D eigenvalue weighted by Crippen LogP contribution is -2.50. The van der Waals surface area contributed by atoms with Crippen LogP contribution in [0.3, 0.4) is 0 Å². The van der Waals surface area contributed by atoms with Crippen LogP contribution in [0.15, 0.2) is 22.7 Å². The van der Waals surface area contributed by atoms with Crippen LogP contribution in [0, 0.1) is 6.92 Å². The molecule has 2 aliphatic rings. The van der Waals surface area contributed by atoms with E-state index in [0.717, 1.165) is 25.0 Å². The number of likely N-dealkylation sites (tertiary alicyclic amines) is 1. The van der Waals surface area contributed by atoms with Gasteiger partial charge in [-0.1, -0.05) is 5.16 Å². The van der Waals surface area contributed by atoms with E-state index in [1.165, 1.54) is 4.90 Å². The predicted molar refractivity (Wildman–Crippen MR) is 143 cm³/mol. The van der Waals surface area contributed by atoms with Gasteiger partial charge in [0.05, 0.1) is 29.3 Å². The van der Waals surface area contributed by atoms with Gasteiger partial charge in [0, 0.05) is 31.2 Å². The number of carbonyl (C=O) groups is 3. The monoisotopic (exact) mass is 579 g/mol. The topological polar surface area (TPSA) is 133 Å². The van der Waals surface area contributed by atoms with Crippen molar-refractivity contribution in [2.75, 3.05) is 32.0 Å². The number of aryl methyl sites for hydroxylation is 1. The molecule has 41 heavy (non-hydrogen) atoms. The van der Waals surface area contributed by atoms with Gasteiger partial charge in [-0.25, -0.2) is 4.79 Å². The number of hydrogen-bond donors (Lipinski definition) is 3. The van der Waals surface area contributed by atoms with Crippen molar-refractivity contribution < 1.29 is 32.1 Å². The molecule has 2 aromatic rings. The third kappa shape index (κ3) is 7.34. The van der Waals surface area contributed by atoms with Crippen LogP contribution in [-0.2, 0) is 11.0 Å². The quantitative estimate of drug-likeness (QED) is 0.436. The molecule has 1 saturated heterocycles. The molecule has 0 unspecified atom stereocenters. The highest BCUT2D eigenvalue weighted by molar-refractivity contribution is 6.04. The number of hydrogen-bond acceptors (Lipinski definition) is 7. The molecule has 0 radical (unpaired) electrons. The van der Waals surface area contributed by atoms with Gasteiger partial charge in [-0.15, -0.1) is 0 Å². The van der Waals surface area contributed by atoms with E-state index in [1.807, 2.05) is 7.05 Å². The normalized spacial score (nSPS) is 21.0. The first-order valence-corrected chi connectivity index (χ1v) is 13.7. The second-order valence-corrected chi connectivity index (χ2v) is 10.9. The molecule has 1 aromatic carbocycles. The van der Waals surface area contributed by atoms with E-state index in [2.05, 4.69) is 44.8 Å². The van der Waals surface area contributed by atoms with Crippen LogP contribution >= 0.6 is 0 Å². The minimum atomic E-state index is -4.70. The number of nitrogens with zero attached hydrogens (tertiary/aromatic N) is 4. The molecule has 4 rings (SSSR count). The maximum atomic E-state index is 13.4. The summed E-state index contributed by atoms with van der Waals surface area (Å²) in [6.07, 6.45) is -1.74. The average molecular weight is 580 g/mol. The zero-order chi connectivity index (χ0) is 29.9. The van der Waals surface area contributed by atoms with Crippen LogP contribution < -0.4 is 16.0 Å². The van der Waals surface area contributed by atoms with E-state index >= 15 is 0 Å². The summed E-state index contributed by atoms with van der Waals surface area (Å²) in [5.74, 6) is -0.780. The number of rotatable bonds is 8. The van der Waals surface area contributed by atoms with Crippen molar-refractivity contribution in [3.8, 4) is 0 Å². The zero-order valence-electron chi connectivity index (χ0n) is 23.5. The van der Waals surface area contributed by atoms with Gasteiger partial charge in [0.1, 0.15) is 0 Å². The predicted octanol–water partition coefficient (Wildman–Crippen LogP) is 3.53. The van der Waals surface area contributed by atoms with Gasteiger partial charge in [-0.05, 0) is 71.7 Å². The minimum Gasteiger partial charge on any atom is -0.351 e. The lowest BCUT2D eigenvalue weighted by Gasteiger charge is -2.40. The zero-order valence-corrected chi connectivity index (χ0v) is 23.5. The number of benzene rings is 1. The lowest BCUT2D eigenvalue weighted by atomic mass is 9.80. The molecule has 11 nitrogen and oxygen atoms in total. The van der Waals surface area contributed by atoms with E-state index in [0.29, 0.717) is 49.8 Å². The molecule has 2 fully saturated rings. The number of alkyl halides is 3. The van der Waals surface area contributed by atoms with Crippen LogP contribution in [0.1, 0.15) is 73.1 Å². The van der Waals surface area contributed by atoms with E-state index < -0.39 is 41.7 Å². The molecule has 1 saturated carbocycles. The molecule has 0 spiro atoms. The molecule has 4 amide bonds. The van der Waals surface area contributed by atoms with E-state index in [-0.39, 0.29) is 23.7 Å². The summed E-state index contributed by atoms with van der Waals surface area (Å²) in [4.78, 5) is 46.4. The van der Waals surface area contributed by atoms with E-state index in [9.17, 15) is 27.6 Å². The van der Waals surface area contributed by atoms with E-state index in [4.69, 9.17) is 4.52 Å². The number of carbonyl (C=O) groups excluding carboxylic acids is 3. The van der Waals surface area contributed by atoms with Crippen molar-refractivity contribution in [1.29, 1.82) is 0 Å². The molecule has 0 bridgehead atoms. The average Bonchev–Trinajstić information content (AvgIpc) is 3.31. The first-order chi connectivity index (χ1) is 19.3. The highest BCUT2D eigenvalue weighted by Crippen LogP contribution is 2.35. The van der Waals surface area contributed by atoms with Gasteiger partial charge in [0.15, 0.2) is 5.82 Å². The molecule has 224 valence electrons. The van der Waals surface area contributed by atoms with Crippen LogP contribution in [0.4, 0.5) is 23.7 Å². The first-order valence-electron chi connectivity index (χ1n) is 13.7. The third-order valence-corrected chi connectivity index (χ3v) is 7.81. The summed E-state index contributed by atoms with van der Waals surface area (Å²) in [6, 6.07) is 2.22. The molecular weight excluding hydrogens is 543 g/mol. The molecular formula is C27H36F3N7O4. The molecule has 3 atom stereocenters. The second kappa shape index (κ2) is 12.5. The van der Waals surface area contributed by atoms with Gasteiger partial charge in [0.25, 0.3) is 5.91 Å².